The number of ether oxygens (including phenoxy) is 3. The molecule has 134 valence electrons. The Hall–Kier alpha value is -2.79. The first-order valence-electron chi connectivity index (χ1n) is 8.24. The van der Waals surface area contributed by atoms with Crippen molar-refractivity contribution in [3.8, 4) is 17.2 Å². The Bertz CT molecular complexity index is 730. The van der Waals surface area contributed by atoms with Crippen LogP contribution in [0.4, 0.5) is 4.11 Å². The van der Waals surface area contributed by atoms with E-state index >= 15 is 4.11 Å². The lowest BCUT2D eigenvalue weighted by molar-refractivity contribution is 0.415. The topological polar surface area (TPSA) is 27.7 Å². The summed E-state index contributed by atoms with van der Waals surface area (Å²) in [5.74, 6) is 2.11. The van der Waals surface area contributed by atoms with Gasteiger partial charge in [0, 0.05) is 0 Å². The molecule has 0 saturated carbocycles. The highest BCUT2D eigenvalue weighted by molar-refractivity contribution is 7.06. The van der Waals surface area contributed by atoms with Crippen LogP contribution in [0.3, 0.4) is 0 Å². The number of hydrogen-bond donors (Lipinski definition) is 0. The Balaban J connectivity index is 2.15. The van der Waals surface area contributed by atoms with Crippen LogP contribution >= 0.6 is 0 Å². The van der Waals surface area contributed by atoms with Gasteiger partial charge in [0.2, 0.25) is 0 Å². The second kappa shape index (κ2) is 7.62. The second-order valence-electron chi connectivity index (χ2n) is 5.84. The number of methoxy groups -OCH3 is 3. The zero-order chi connectivity index (χ0) is 18.6. The molecule has 3 nitrogen and oxygen atoms in total. The van der Waals surface area contributed by atoms with Gasteiger partial charge in [0.1, 0.15) is 17.2 Å². The maximum atomic E-state index is 16.7. The molecule has 3 aromatic rings. The van der Waals surface area contributed by atoms with Crippen molar-refractivity contribution in [1.29, 1.82) is 0 Å². The predicted molar refractivity (Wildman–Crippen MR) is 105 cm³/mol. The lowest BCUT2D eigenvalue weighted by atomic mass is 10.3. The molecule has 0 aliphatic rings. The van der Waals surface area contributed by atoms with Gasteiger partial charge >= 0.3 is 8.41 Å². The fourth-order valence-electron chi connectivity index (χ4n) is 2.96. The largest absolute Gasteiger partial charge is 0.497 e. The Morgan fingerprint density at radius 3 is 0.923 bits per heavy atom. The molecule has 0 saturated heterocycles. The third-order valence-electron chi connectivity index (χ3n) is 4.46. The minimum Gasteiger partial charge on any atom is -0.497 e. The minimum absolute atomic E-state index is 0.661. The molecule has 0 spiro atoms. The number of hydrogen-bond acceptors (Lipinski definition) is 3. The Kier molecular flexibility index (Phi) is 5.28. The van der Waals surface area contributed by atoms with Gasteiger partial charge in [-0.3, -0.25) is 4.11 Å². The third kappa shape index (κ3) is 3.30. The van der Waals surface area contributed by atoms with Gasteiger partial charge in [0.05, 0.1) is 21.3 Å². The van der Waals surface area contributed by atoms with Crippen molar-refractivity contribution in [3.63, 3.8) is 0 Å². The Morgan fingerprint density at radius 1 is 0.500 bits per heavy atom. The van der Waals surface area contributed by atoms with Gasteiger partial charge in [-0.15, -0.1) is 0 Å². The zero-order valence-electron chi connectivity index (χ0n) is 15.0. The summed E-state index contributed by atoms with van der Waals surface area (Å²) >= 11 is 0. The highest BCUT2D eigenvalue weighted by Gasteiger charge is 2.41. The summed E-state index contributed by atoms with van der Waals surface area (Å²) < 4.78 is 32.4. The molecule has 0 bridgehead atoms. The van der Waals surface area contributed by atoms with Crippen LogP contribution in [0.2, 0.25) is 0 Å². The van der Waals surface area contributed by atoms with Crippen molar-refractivity contribution in [1.82, 2.24) is 0 Å². The zero-order valence-corrected chi connectivity index (χ0v) is 16.0. The van der Waals surface area contributed by atoms with E-state index in [0.29, 0.717) is 32.8 Å². The van der Waals surface area contributed by atoms with Gasteiger partial charge in [-0.25, -0.2) is 0 Å². The first-order chi connectivity index (χ1) is 12.6. The van der Waals surface area contributed by atoms with Gasteiger partial charge in [-0.1, -0.05) is 36.4 Å². The summed E-state index contributed by atoms with van der Waals surface area (Å²) in [5.41, 5.74) is 0. The molecule has 0 atom stereocenters. The van der Waals surface area contributed by atoms with E-state index in [-0.39, 0.29) is 0 Å². The van der Waals surface area contributed by atoms with Crippen LogP contribution in [0.15, 0.2) is 72.8 Å². The first kappa shape index (κ1) is 18.0. The van der Waals surface area contributed by atoms with Gasteiger partial charge in [0.25, 0.3) is 0 Å². The lowest BCUT2D eigenvalue weighted by Gasteiger charge is -2.24. The van der Waals surface area contributed by atoms with E-state index in [1.165, 1.54) is 0 Å². The molecule has 26 heavy (non-hydrogen) atoms. The smallest absolute Gasteiger partial charge is 0.339 e. The average Bonchev–Trinajstić information content (AvgIpc) is 2.73. The number of benzene rings is 3. The van der Waals surface area contributed by atoms with Crippen molar-refractivity contribution in [2.45, 2.75) is 0 Å². The van der Waals surface area contributed by atoms with Crippen LogP contribution in [-0.4, -0.2) is 29.7 Å². The number of halogens is 1. The molecule has 0 aliphatic heterocycles. The molecule has 0 unspecified atom stereocenters. The SMILES string of the molecule is COc1ccc([Si](F)(c2ccc(OC)cc2)c2ccc(OC)cc2)cc1. The molecule has 0 radical (unpaired) electrons. The van der Waals surface area contributed by atoms with Crippen LogP contribution in [0.5, 0.6) is 17.2 Å². The molecule has 0 amide bonds. The molecule has 0 aromatic heterocycles. The molecule has 0 N–H and O–H groups in total. The van der Waals surface area contributed by atoms with Crippen LogP contribution < -0.4 is 29.8 Å². The summed E-state index contributed by atoms with van der Waals surface area (Å²) in [6, 6.07) is 21.6. The highest BCUT2D eigenvalue weighted by atomic mass is 28.4. The van der Waals surface area contributed by atoms with Crippen molar-refractivity contribution in [2.24, 2.45) is 0 Å². The fraction of sp³-hybridized carbons (Fsp3) is 0.143. The third-order valence-corrected chi connectivity index (χ3v) is 7.85. The maximum Gasteiger partial charge on any atom is 0.339 e. The summed E-state index contributed by atoms with van der Waals surface area (Å²) in [5, 5.41) is 1.98. The van der Waals surface area contributed by atoms with Crippen LogP contribution in [-0.2, 0) is 0 Å². The fourth-order valence-corrected chi connectivity index (χ4v) is 5.84. The molecule has 3 aromatic carbocycles. The minimum atomic E-state index is -3.65. The standard InChI is InChI=1S/C21H21FO3Si/c1-23-16-4-10-19(11-5-16)26(22,20-12-6-17(24-2)7-13-20)21-14-8-18(25-3)9-15-21/h4-15H,1-3H3. The lowest BCUT2D eigenvalue weighted by Crippen LogP contribution is -2.63. The Morgan fingerprint density at radius 2 is 0.731 bits per heavy atom. The summed E-state index contributed by atoms with van der Waals surface area (Å²) in [4.78, 5) is 0. The molecule has 0 heterocycles. The second-order valence-corrected chi connectivity index (χ2v) is 8.89. The van der Waals surface area contributed by atoms with Crippen LogP contribution in [0, 0.1) is 0 Å². The first-order valence-corrected chi connectivity index (χ1v) is 10.1. The molecule has 3 rings (SSSR count). The predicted octanol–water partition coefficient (Wildman–Crippen LogP) is 2.65. The molecule has 0 fully saturated rings. The van der Waals surface area contributed by atoms with Crippen LogP contribution in [0.1, 0.15) is 0 Å². The number of rotatable bonds is 6. The van der Waals surface area contributed by atoms with E-state index in [1.54, 1.807) is 94.1 Å². The van der Waals surface area contributed by atoms with E-state index in [9.17, 15) is 0 Å². The molecular formula is C21H21FO3Si. The summed E-state index contributed by atoms with van der Waals surface area (Å²) in [6.45, 7) is 0. The van der Waals surface area contributed by atoms with Crippen molar-refractivity contribution >= 4 is 24.0 Å². The normalized spacial score (nSPS) is 11.1. The van der Waals surface area contributed by atoms with E-state index in [0.717, 1.165) is 0 Å². The van der Waals surface area contributed by atoms with E-state index in [1.807, 2.05) is 0 Å². The summed E-state index contributed by atoms with van der Waals surface area (Å²) in [7, 11) is 1.15. The van der Waals surface area contributed by atoms with Gasteiger partial charge in [-0.05, 0) is 52.0 Å². The van der Waals surface area contributed by atoms with E-state index < -0.39 is 8.41 Å². The van der Waals surface area contributed by atoms with Gasteiger partial charge in [0.15, 0.2) is 0 Å². The average molecular weight is 368 g/mol. The molecular weight excluding hydrogens is 347 g/mol. The van der Waals surface area contributed by atoms with Gasteiger partial charge < -0.3 is 14.2 Å². The van der Waals surface area contributed by atoms with Crippen LogP contribution in [0.25, 0.3) is 0 Å². The van der Waals surface area contributed by atoms with Crippen molar-refractivity contribution < 1.29 is 18.3 Å². The highest BCUT2D eigenvalue weighted by Crippen LogP contribution is 2.16. The Labute approximate surface area is 154 Å². The monoisotopic (exact) mass is 368 g/mol. The van der Waals surface area contributed by atoms with E-state index in [4.69, 9.17) is 14.2 Å². The van der Waals surface area contributed by atoms with Crippen molar-refractivity contribution in [2.75, 3.05) is 21.3 Å². The molecule has 0 aliphatic carbocycles. The van der Waals surface area contributed by atoms with Gasteiger partial charge in [-0.2, -0.15) is 0 Å². The van der Waals surface area contributed by atoms with E-state index in [2.05, 4.69) is 0 Å². The van der Waals surface area contributed by atoms with Crippen molar-refractivity contribution in [3.05, 3.63) is 72.8 Å². The quantitative estimate of drug-likeness (QED) is 0.380. The molecule has 5 heteroatoms. The summed E-state index contributed by atoms with van der Waals surface area (Å²) in [6.07, 6.45) is 0. The maximum absolute atomic E-state index is 16.7.